The van der Waals surface area contributed by atoms with Crippen LogP contribution in [0.1, 0.15) is 48.5 Å². The molecule has 7 heteroatoms. The van der Waals surface area contributed by atoms with Gasteiger partial charge >= 0.3 is 0 Å². The highest BCUT2D eigenvalue weighted by Gasteiger charge is 2.21. The predicted molar refractivity (Wildman–Crippen MR) is 102 cm³/mol. The lowest BCUT2D eigenvalue weighted by atomic mass is 10.1. The van der Waals surface area contributed by atoms with Crippen molar-refractivity contribution in [3.05, 3.63) is 34.8 Å². The van der Waals surface area contributed by atoms with E-state index in [1.165, 1.54) is 0 Å². The Morgan fingerprint density at radius 3 is 2.27 bits per heavy atom. The Kier molecular flexibility index (Phi) is 5.66. The fourth-order valence-corrected chi connectivity index (χ4v) is 3.81. The second kappa shape index (κ2) is 7.95. The van der Waals surface area contributed by atoms with Gasteiger partial charge in [0.05, 0.1) is 0 Å². The predicted octanol–water partition coefficient (Wildman–Crippen LogP) is 3.02. The maximum Gasteiger partial charge on any atom is 0.253 e. The van der Waals surface area contributed by atoms with E-state index in [4.69, 9.17) is 0 Å². The number of hydrogen-bond donors (Lipinski definition) is 0. The van der Waals surface area contributed by atoms with Crippen molar-refractivity contribution in [3.63, 3.8) is 0 Å². The van der Waals surface area contributed by atoms with Gasteiger partial charge < -0.3 is 9.80 Å². The van der Waals surface area contributed by atoms with Crippen molar-refractivity contribution in [2.24, 2.45) is 0 Å². The van der Waals surface area contributed by atoms with Crippen LogP contribution < -0.4 is 0 Å². The van der Waals surface area contributed by atoms with Gasteiger partial charge in [0, 0.05) is 50.1 Å². The minimum Gasteiger partial charge on any atom is -0.341 e. The van der Waals surface area contributed by atoms with Crippen LogP contribution >= 0.6 is 11.3 Å². The number of carbonyl (C=O) groups excluding carboxylic acids is 2. The number of rotatable bonds is 3. The highest BCUT2D eigenvalue weighted by Crippen LogP contribution is 2.27. The highest BCUT2D eigenvalue weighted by atomic mass is 32.1. The Balaban J connectivity index is 1.69. The summed E-state index contributed by atoms with van der Waals surface area (Å²) in [6.45, 7) is 8.34. The largest absolute Gasteiger partial charge is 0.341 e. The molecule has 6 nitrogen and oxygen atoms in total. The first-order chi connectivity index (χ1) is 12.5. The Hall–Kier alpha value is -2.28. The molecule has 1 aromatic heterocycles. The molecule has 0 radical (unpaired) electrons. The molecule has 0 aliphatic carbocycles. The van der Waals surface area contributed by atoms with Crippen LogP contribution in [0, 0.1) is 0 Å². The fourth-order valence-electron chi connectivity index (χ4n) is 2.96. The quantitative estimate of drug-likeness (QED) is 0.831. The zero-order valence-corrected chi connectivity index (χ0v) is 16.3. The number of aromatic nitrogens is 2. The van der Waals surface area contributed by atoms with Gasteiger partial charge in [-0.25, -0.2) is 0 Å². The Morgan fingerprint density at radius 2 is 1.65 bits per heavy atom. The molecule has 0 unspecified atom stereocenters. The number of carbonyl (C=O) groups is 2. The van der Waals surface area contributed by atoms with Crippen molar-refractivity contribution in [2.75, 3.05) is 26.2 Å². The molecule has 1 aromatic carbocycles. The van der Waals surface area contributed by atoms with Crippen LogP contribution in [0.5, 0.6) is 0 Å². The maximum absolute atomic E-state index is 12.8. The van der Waals surface area contributed by atoms with E-state index < -0.39 is 0 Å². The molecule has 2 aromatic rings. The van der Waals surface area contributed by atoms with E-state index in [0.29, 0.717) is 37.7 Å². The van der Waals surface area contributed by atoms with E-state index in [0.717, 1.165) is 22.0 Å². The summed E-state index contributed by atoms with van der Waals surface area (Å²) in [6, 6.07) is 7.55. The maximum atomic E-state index is 12.8. The lowest BCUT2D eigenvalue weighted by Crippen LogP contribution is -2.36. The van der Waals surface area contributed by atoms with Crippen LogP contribution in [-0.2, 0) is 4.79 Å². The molecule has 3 rings (SSSR count). The molecule has 26 heavy (non-hydrogen) atoms. The summed E-state index contributed by atoms with van der Waals surface area (Å²) in [7, 11) is 0. The first-order valence-electron chi connectivity index (χ1n) is 8.94. The molecule has 0 spiro atoms. The first kappa shape index (κ1) is 18.5. The summed E-state index contributed by atoms with van der Waals surface area (Å²) in [5.41, 5.74) is 1.64. The van der Waals surface area contributed by atoms with Crippen molar-refractivity contribution in [1.82, 2.24) is 20.0 Å². The van der Waals surface area contributed by atoms with Gasteiger partial charge in [0.2, 0.25) is 5.91 Å². The molecule has 1 aliphatic rings. The van der Waals surface area contributed by atoms with Gasteiger partial charge in [-0.1, -0.05) is 37.3 Å². The van der Waals surface area contributed by atoms with Gasteiger partial charge in [0.25, 0.3) is 5.91 Å². The van der Waals surface area contributed by atoms with Gasteiger partial charge in [0.15, 0.2) is 0 Å². The molecule has 0 bridgehead atoms. The van der Waals surface area contributed by atoms with Crippen LogP contribution in [-0.4, -0.2) is 58.0 Å². The van der Waals surface area contributed by atoms with Gasteiger partial charge in [0.1, 0.15) is 10.0 Å². The standard InChI is InChI=1S/C19H24N4O2S/c1-13(2)17-20-21-18(26-17)15-5-7-16(8-6-15)19(25)23-10-4-9-22(11-12-23)14(3)24/h5-8,13H,4,9-12H2,1-3H3. The summed E-state index contributed by atoms with van der Waals surface area (Å²) in [6.07, 6.45) is 0.812. The summed E-state index contributed by atoms with van der Waals surface area (Å²) in [4.78, 5) is 27.9. The summed E-state index contributed by atoms with van der Waals surface area (Å²) in [5.74, 6) is 0.447. The summed E-state index contributed by atoms with van der Waals surface area (Å²) >= 11 is 1.59. The number of amides is 2. The van der Waals surface area contributed by atoms with Crippen molar-refractivity contribution in [2.45, 2.75) is 33.1 Å². The summed E-state index contributed by atoms with van der Waals surface area (Å²) in [5, 5.41) is 10.3. The number of nitrogens with zero attached hydrogens (tertiary/aromatic N) is 4. The smallest absolute Gasteiger partial charge is 0.253 e. The zero-order valence-electron chi connectivity index (χ0n) is 15.4. The molecule has 1 saturated heterocycles. The topological polar surface area (TPSA) is 66.4 Å². The second-order valence-electron chi connectivity index (χ2n) is 6.83. The molecule has 138 valence electrons. The molecular formula is C19H24N4O2S. The van der Waals surface area contributed by atoms with Crippen molar-refractivity contribution in [1.29, 1.82) is 0 Å². The summed E-state index contributed by atoms with van der Waals surface area (Å²) < 4.78 is 0. The van der Waals surface area contributed by atoms with E-state index in [9.17, 15) is 9.59 Å². The molecule has 0 saturated carbocycles. The van der Waals surface area contributed by atoms with Crippen LogP contribution in [0.25, 0.3) is 10.6 Å². The normalized spacial score (nSPS) is 15.2. The van der Waals surface area contributed by atoms with Crippen molar-refractivity contribution in [3.8, 4) is 10.6 Å². The van der Waals surface area contributed by atoms with E-state index in [1.54, 1.807) is 23.2 Å². The van der Waals surface area contributed by atoms with Gasteiger partial charge in [-0.2, -0.15) is 0 Å². The molecular weight excluding hydrogens is 348 g/mol. The minimum atomic E-state index is 0.0158. The van der Waals surface area contributed by atoms with Crippen LogP contribution in [0.3, 0.4) is 0 Å². The van der Waals surface area contributed by atoms with Crippen LogP contribution in [0.4, 0.5) is 0 Å². The zero-order chi connectivity index (χ0) is 18.7. The third-order valence-corrected chi connectivity index (χ3v) is 5.81. The van der Waals surface area contributed by atoms with Crippen molar-refractivity contribution >= 4 is 23.2 Å². The third kappa shape index (κ3) is 4.09. The Morgan fingerprint density at radius 1 is 1.00 bits per heavy atom. The molecule has 0 atom stereocenters. The van der Waals surface area contributed by atoms with Gasteiger partial charge in [-0.05, 0) is 18.6 Å². The van der Waals surface area contributed by atoms with Gasteiger partial charge in [-0.15, -0.1) is 10.2 Å². The van der Waals surface area contributed by atoms with E-state index in [2.05, 4.69) is 24.0 Å². The molecule has 2 heterocycles. The lowest BCUT2D eigenvalue weighted by Gasteiger charge is -2.21. The average Bonchev–Trinajstić information content (AvgIpc) is 2.99. The van der Waals surface area contributed by atoms with Crippen molar-refractivity contribution < 1.29 is 9.59 Å². The van der Waals surface area contributed by atoms with E-state index in [1.807, 2.05) is 29.2 Å². The average molecular weight is 372 g/mol. The second-order valence-corrected chi connectivity index (χ2v) is 7.84. The van der Waals surface area contributed by atoms with E-state index >= 15 is 0 Å². The number of benzene rings is 1. The lowest BCUT2D eigenvalue weighted by molar-refractivity contribution is -0.128. The minimum absolute atomic E-state index is 0.0158. The van der Waals surface area contributed by atoms with Gasteiger partial charge in [-0.3, -0.25) is 9.59 Å². The SMILES string of the molecule is CC(=O)N1CCCN(C(=O)c2ccc(-c3nnc(C(C)C)s3)cc2)CC1. The van der Waals surface area contributed by atoms with Crippen LogP contribution in [0.15, 0.2) is 24.3 Å². The highest BCUT2D eigenvalue weighted by molar-refractivity contribution is 7.14. The first-order valence-corrected chi connectivity index (χ1v) is 9.76. The fraction of sp³-hybridized carbons (Fsp3) is 0.474. The number of hydrogen-bond acceptors (Lipinski definition) is 5. The third-order valence-electron chi connectivity index (χ3n) is 4.54. The molecule has 2 amide bonds. The molecule has 0 N–H and O–H groups in total. The molecule has 1 aliphatic heterocycles. The van der Waals surface area contributed by atoms with Crippen LogP contribution in [0.2, 0.25) is 0 Å². The van der Waals surface area contributed by atoms with E-state index in [-0.39, 0.29) is 11.8 Å². The Labute approximate surface area is 157 Å². The Bertz CT molecular complexity index is 785. The molecule has 1 fully saturated rings. The monoisotopic (exact) mass is 372 g/mol.